The van der Waals surface area contributed by atoms with Crippen molar-refractivity contribution in [3.8, 4) is 0 Å². The number of amides is 2. The zero-order chi connectivity index (χ0) is 27.9. The largest absolute Gasteiger partial charge is 0.352 e. The topological polar surface area (TPSA) is 86.8 Å². The number of para-hydroxylation sites is 1. The molecule has 0 radical (unpaired) electrons. The van der Waals surface area contributed by atoms with E-state index in [0.29, 0.717) is 11.4 Å². The Kier molecular flexibility index (Phi) is 9.88. The molecule has 0 saturated carbocycles. The predicted octanol–water partition coefficient (Wildman–Crippen LogP) is 5.01. The first kappa shape index (κ1) is 29.1. The average molecular weight is 560 g/mol. The molecule has 0 heterocycles. The monoisotopic (exact) mass is 559 g/mol. The van der Waals surface area contributed by atoms with E-state index in [9.17, 15) is 22.4 Å². The normalized spacial score (nSPS) is 12.2. The smallest absolute Gasteiger partial charge is 0.264 e. The number of nitrogens with zero attached hydrogens (tertiary/aromatic N) is 2. The summed E-state index contributed by atoms with van der Waals surface area (Å²) in [5, 5.41) is 3.37. The van der Waals surface area contributed by atoms with Gasteiger partial charge in [-0.15, -0.1) is 0 Å². The van der Waals surface area contributed by atoms with Crippen molar-refractivity contribution in [1.82, 2.24) is 10.2 Å². The molecule has 202 valence electrons. The van der Waals surface area contributed by atoms with Crippen LogP contribution in [0, 0.1) is 5.82 Å². The van der Waals surface area contributed by atoms with E-state index in [1.165, 1.54) is 4.90 Å². The third-order valence-electron chi connectivity index (χ3n) is 5.81. The van der Waals surface area contributed by atoms with Crippen LogP contribution in [0.5, 0.6) is 0 Å². The zero-order valence-corrected chi connectivity index (χ0v) is 23.0. The minimum Gasteiger partial charge on any atom is -0.352 e. The summed E-state index contributed by atoms with van der Waals surface area (Å²) >= 11 is 6.02. The molecule has 1 atom stereocenters. The van der Waals surface area contributed by atoms with Crippen LogP contribution in [-0.4, -0.2) is 43.8 Å². The molecule has 10 heteroatoms. The number of carbonyl (C=O) groups excluding carboxylic acids is 2. The SMILES string of the molecule is CC[C@H](C(=O)NC(C)C)N(Cc1ccc(Cl)cc1)C(=O)CN(c1ccccc1)S(=O)(=O)c1ccc(F)cc1. The van der Waals surface area contributed by atoms with Crippen LogP contribution in [0.1, 0.15) is 32.8 Å². The van der Waals surface area contributed by atoms with E-state index in [2.05, 4.69) is 5.32 Å². The minimum absolute atomic E-state index is 0.0687. The van der Waals surface area contributed by atoms with Gasteiger partial charge in [-0.2, -0.15) is 0 Å². The van der Waals surface area contributed by atoms with Crippen LogP contribution in [0.2, 0.25) is 5.02 Å². The highest BCUT2D eigenvalue weighted by Gasteiger charge is 2.33. The molecule has 3 aromatic rings. The Bertz CT molecular complexity index is 1330. The van der Waals surface area contributed by atoms with Crippen molar-refractivity contribution in [2.45, 2.75) is 50.7 Å². The van der Waals surface area contributed by atoms with Gasteiger partial charge in [0, 0.05) is 17.6 Å². The van der Waals surface area contributed by atoms with Crippen molar-refractivity contribution in [3.05, 3.63) is 95.3 Å². The molecule has 3 aromatic carbocycles. The molecule has 0 fully saturated rings. The van der Waals surface area contributed by atoms with Crippen LogP contribution in [0.4, 0.5) is 10.1 Å². The van der Waals surface area contributed by atoms with Gasteiger partial charge in [0.25, 0.3) is 10.0 Å². The molecule has 2 amide bonds. The van der Waals surface area contributed by atoms with Gasteiger partial charge in [-0.1, -0.05) is 48.9 Å². The van der Waals surface area contributed by atoms with Gasteiger partial charge in [0.15, 0.2) is 0 Å². The van der Waals surface area contributed by atoms with Gasteiger partial charge >= 0.3 is 0 Å². The summed E-state index contributed by atoms with van der Waals surface area (Å²) in [4.78, 5) is 28.2. The Hall–Kier alpha value is -3.43. The number of carbonyl (C=O) groups is 2. The number of hydrogen-bond acceptors (Lipinski definition) is 4. The first-order chi connectivity index (χ1) is 18.0. The number of benzene rings is 3. The molecule has 0 saturated heterocycles. The highest BCUT2D eigenvalue weighted by atomic mass is 35.5. The van der Waals surface area contributed by atoms with Crippen molar-refractivity contribution >= 4 is 39.1 Å². The number of anilines is 1. The Morgan fingerprint density at radius 3 is 2.11 bits per heavy atom. The lowest BCUT2D eigenvalue weighted by Gasteiger charge is -2.33. The molecule has 1 N–H and O–H groups in total. The third kappa shape index (κ3) is 7.33. The third-order valence-corrected chi connectivity index (χ3v) is 7.85. The maximum absolute atomic E-state index is 13.9. The molecule has 7 nitrogen and oxygen atoms in total. The fourth-order valence-electron chi connectivity index (χ4n) is 3.94. The zero-order valence-electron chi connectivity index (χ0n) is 21.5. The molecule has 0 unspecified atom stereocenters. The van der Waals surface area contributed by atoms with E-state index >= 15 is 0 Å². The predicted molar refractivity (Wildman–Crippen MR) is 147 cm³/mol. The standard InChI is InChI=1S/C28H31ClFN3O4S/c1-4-26(28(35)31-20(2)3)32(18-21-10-12-22(29)13-11-21)27(34)19-33(24-8-6-5-7-9-24)38(36,37)25-16-14-23(30)15-17-25/h5-17,20,26H,4,18-19H2,1-3H3,(H,31,35)/t26-/m1/s1. The maximum Gasteiger partial charge on any atom is 0.264 e. The highest BCUT2D eigenvalue weighted by Crippen LogP contribution is 2.25. The van der Waals surface area contributed by atoms with Gasteiger partial charge in [-0.25, -0.2) is 12.8 Å². The quantitative estimate of drug-likeness (QED) is 0.358. The lowest BCUT2D eigenvalue weighted by Crippen LogP contribution is -2.53. The summed E-state index contributed by atoms with van der Waals surface area (Å²) in [5.74, 6) is -1.49. The summed E-state index contributed by atoms with van der Waals surface area (Å²) in [6, 6.07) is 18.5. The van der Waals surface area contributed by atoms with Crippen molar-refractivity contribution < 1.29 is 22.4 Å². The van der Waals surface area contributed by atoms with Gasteiger partial charge < -0.3 is 10.2 Å². The molecule has 3 rings (SSSR count). The maximum atomic E-state index is 13.9. The van der Waals surface area contributed by atoms with Crippen LogP contribution in [0.15, 0.2) is 83.8 Å². The molecular weight excluding hydrogens is 529 g/mol. The fourth-order valence-corrected chi connectivity index (χ4v) is 5.48. The van der Waals surface area contributed by atoms with E-state index in [1.54, 1.807) is 61.5 Å². The van der Waals surface area contributed by atoms with Crippen molar-refractivity contribution in [1.29, 1.82) is 0 Å². The van der Waals surface area contributed by atoms with Crippen molar-refractivity contribution in [2.24, 2.45) is 0 Å². The lowest BCUT2D eigenvalue weighted by molar-refractivity contribution is -0.140. The van der Waals surface area contributed by atoms with Gasteiger partial charge in [0.05, 0.1) is 10.6 Å². The molecule has 0 aromatic heterocycles. The Labute approximate surface area is 228 Å². The molecule has 38 heavy (non-hydrogen) atoms. The highest BCUT2D eigenvalue weighted by molar-refractivity contribution is 7.92. The summed E-state index contributed by atoms with van der Waals surface area (Å²) < 4.78 is 41.8. The molecule has 0 aliphatic heterocycles. The van der Waals surface area contributed by atoms with E-state index < -0.39 is 34.3 Å². The van der Waals surface area contributed by atoms with Gasteiger partial charge in [0.2, 0.25) is 11.8 Å². The Morgan fingerprint density at radius 2 is 1.55 bits per heavy atom. The number of nitrogens with one attached hydrogen (secondary N) is 1. The summed E-state index contributed by atoms with van der Waals surface area (Å²) in [7, 11) is -4.25. The van der Waals surface area contributed by atoms with Gasteiger partial charge in [0.1, 0.15) is 18.4 Å². The van der Waals surface area contributed by atoms with Crippen LogP contribution in [0.3, 0.4) is 0 Å². The minimum atomic E-state index is -4.25. The van der Waals surface area contributed by atoms with Crippen LogP contribution < -0.4 is 9.62 Å². The average Bonchev–Trinajstić information content (AvgIpc) is 2.88. The number of sulfonamides is 1. The summed E-state index contributed by atoms with van der Waals surface area (Å²) in [5.41, 5.74) is 0.988. The molecule has 0 aliphatic carbocycles. The van der Waals surface area contributed by atoms with Crippen molar-refractivity contribution in [3.63, 3.8) is 0 Å². The van der Waals surface area contributed by atoms with Gasteiger partial charge in [-0.3, -0.25) is 13.9 Å². The second-order valence-electron chi connectivity index (χ2n) is 9.04. The number of halogens is 2. The molecular formula is C28H31ClFN3O4S. The van der Waals surface area contributed by atoms with E-state index in [4.69, 9.17) is 11.6 Å². The summed E-state index contributed by atoms with van der Waals surface area (Å²) in [6.07, 6.45) is 0.313. The molecule has 0 spiro atoms. The second kappa shape index (κ2) is 12.9. The number of hydrogen-bond donors (Lipinski definition) is 1. The van der Waals surface area contributed by atoms with Crippen molar-refractivity contribution in [2.75, 3.05) is 10.8 Å². The lowest BCUT2D eigenvalue weighted by atomic mass is 10.1. The van der Waals surface area contributed by atoms with E-state index in [0.717, 1.165) is 34.1 Å². The molecule has 0 bridgehead atoms. The van der Waals surface area contributed by atoms with Gasteiger partial charge in [-0.05, 0) is 74.4 Å². The van der Waals surface area contributed by atoms with E-state index in [-0.39, 0.29) is 29.1 Å². The first-order valence-electron chi connectivity index (χ1n) is 12.2. The number of rotatable bonds is 11. The molecule has 0 aliphatic rings. The fraction of sp³-hybridized carbons (Fsp3) is 0.286. The second-order valence-corrected chi connectivity index (χ2v) is 11.3. The van der Waals surface area contributed by atoms with Crippen LogP contribution >= 0.6 is 11.6 Å². The van der Waals surface area contributed by atoms with Crippen LogP contribution in [-0.2, 0) is 26.2 Å². The Balaban J connectivity index is 2.03. The van der Waals surface area contributed by atoms with E-state index in [1.807, 2.05) is 13.8 Å². The summed E-state index contributed by atoms with van der Waals surface area (Å²) in [6.45, 7) is 4.93. The first-order valence-corrected chi connectivity index (χ1v) is 14.0. The van der Waals surface area contributed by atoms with Crippen LogP contribution in [0.25, 0.3) is 0 Å². The Morgan fingerprint density at radius 1 is 0.947 bits per heavy atom.